The third kappa shape index (κ3) is 3.85. The van der Waals surface area contributed by atoms with Gasteiger partial charge in [-0.2, -0.15) is 18.3 Å². The van der Waals surface area contributed by atoms with Gasteiger partial charge in [0.15, 0.2) is 5.69 Å². The summed E-state index contributed by atoms with van der Waals surface area (Å²) in [5.41, 5.74) is -0.0875. The van der Waals surface area contributed by atoms with Gasteiger partial charge in [0.2, 0.25) is 0 Å². The molecule has 29 heavy (non-hydrogen) atoms. The van der Waals surface area contributed by atoms with Crippen LogP contribution in [0.2, 0.25) is 5.02 Å². The lowest BCUT2D eigenvalue weighted by atomic mass is 10.0. The molecule has 3 aromatic rings. The van der Waals surface area contributed by atoms with Gasteiger partial charge in [0.05, 0.1) is 10.7 Å². The van der Waals surface area contributed by atoms with Gasteiger partial charge in [-0.05, 0) is 30.2 Å². The Bertz CT molecular complexity index is 1040. The number of aromatic nitrogens is 3. The predicted octanol–water partition coefficient (Wildman–Crippen LogP) is 4.57. The second kappa shape index (κ2) is 7.51. The van der Waals surface area contributed by atoms with Gasteiger partial charge >= 0.3 is 6.18 Å². The van der Waals surface area contributed by atoms with E-state index in [2.05, 4.69) is 10.1 Å². The first-order valence-electron chi connectivity index (χ1n) is 8.96. The van der Waals surface area contributed by atoms with Crippen LogP contribution in [0.5, 0.6) is 0 Å². The summed E-state index contributed by atoms with van der Waals surface area (Å²) < 4.78 is 40.8. The van der Waals surface area contributed by atoms with Gasteiger partial charge in [-0.3, -0.25) is 9.78 Å². The van der Waals surface area contributed by atoms with Gasteiger partial charge < -0.3 is 4.90 Å². The van der Waals surface area contributed by atoms with Crippen molar-refractivity contribution in [3.63, 3.8) is 0 Å². The molecule has 1 aliphatic rings. The molecule has 3 heterocycles. The van der Waals surface area contributed by atoms with Gasteiger partial charge in [0, 0.05) is 37.5 Å². The molecule has 1 atom stereocenters. The van der Waals surface area contributed by atoms with Crippen LogP contribution in [0.15, 0.2) is 54.9 Å². The molecule has 1 aromatic carbocycles. The molecule has 5 nitrogen and oxygen atoms in total. The van der Waals surface area contributed by atoms with Crippen LogP contribution < -0.4 is 0 Å². The molecule has 0 radical (unpaired) electrons. The predicted molar refractivity (Wildman–Crippen MR) is 101 cm³/mol. The Morgan fingerprint density at radius 1 is 1.17 bits per heavy atom. The highest BCUT2D eigenvalue weighted by molar-refractivity contribution is 6.32. The van der Waals surface area contributed by atoms with Gasteiger partial charge in [-0.25, -0.2) is 4.68 Å². The zero-order chi connectivity index (χ0) is 20.6. The van der Waals surface area contributed by atoms with Crippen LogP contribution in [-0.4, -0.2) is 38.7 Å². The van der Waals surface area contributed by atoms with E-state index < -0.39 is 17.8 Å². The number of halogens is 4. The second-order valence-electron chi connectivity index (χ2n) is 6.80. The number of alkyl halides is 3. The standard InChI is InChI=1S/C20H16ClF3N4O/c21-15-5-1-2-6-16(15)28-17(10-18(26-28)20(22,23)24)19(29)27-9-7-14(12-27)13-4-3-8-25-11-13/h1-6,8,10-11,14H,7,9,12H2. The Morgan fingerprint density at radius 3 is 2.66 bits per heavy atom. The quantitative estimate of drug-likeness (QED) is 0.623. The number of pyridine rings is 1. The fraction of sp³-hybridized carbons (Fsp3) is 0.250. The van der Waals surface area contributed by atoms with E-state index in [4.69, 9.17) is 11.6 Å². The molecule has 1 saturated heterocycles. The van der Waals surface area contributed by atoms with Gasteiger partial charge in [0.1, 0.15) is 5.69 Å². The van der Waals surface area contributed by atoms with E-state index in [0.29, 0.717) is 19.5 Å². The SMILES string of the molecule is O=C(c1cc(C(F)(F)F)nn1-c1ccccc1Cl)N1CCC(c2cccnc2)C1. The summed E-state index contributed by atoms with van der Waals surface area (Å²) in [6.07, 6.45) is -0.550. The van der Waals surface area contributed by atoms with Crippen molar-refractivity contribution in [3.05, 3.63) is 76.8 Å². The molecule has 0 saturated carbocycles. The number of carbonyl (C=O) groups excluding carboxylic acids is 1. The number of likely N-dealkylation sites (tertiary alicyclic amines) is 1. The first-order chi connectivity index (χ1) is 13.8. The fourth-order valence-electron chi connectivity index (χ4n) is 3.48. The number of hydrogen-bond acceptors (Lipinski definition) is 3. The average molecular weight is 421 g/mol. The molecule has 2 aromatic heterocycles. The van der Waals surface area contributed by atoms with Crippen molar-refractivity contribution < 1.29 is 18.0 Å². The minimum absolute atomic E-state index is 0.0893. The van der Waals surface area contributed by atoms with Crippen molar-refractivity contribution in [3.8, 4) is 5.69 Å². The van der Waals surface area contributed by atoms with Crippen molar-refractivity contribution in [1.29, 1.82) is 0 Å². The number of rotatable bonds is 3. The molecular weight excluding hydrogens is 405 g/mol. The van der Waals surface area contributed by atoms with Crippen molar-refractivity contribution in [1.82, 2.24) is 19.7 Å². The second-order valence-corrected chi connectivity index (χ2v) is 7.21. The molecule has 0 N–H and O–H groups in total. The van der Waals surface area contributed by atoms with Crippen molar-refractivity contribution in [2.75, 3.05) is 13.1 Å². The maximum absolute atomic E-state index is 13.3. The van der Waals surface area contributed by atoms with E-state index in [1.54, 1.807) is 29.4 Å². The maximum atomic E-state index is 13.3. The first-order valence-corrected chi connectivity index (χ1v) is 9.34. The lowest BCUT2D eigenvalue weighted by Gasteiger charge is -2.17. The zero-order valence-electron chi connectivity index (χ0n) is 15.1. The highest BCUT2D eigenvalue weighted by Gasteiger charge is 2.38. The lowest BCUT2D eigenvalue weighted by molar-refractivity contribution is -0.141. The zero-order valence-corrected chi connectivity index (χ0v) is 15.9. The van der Waals surface area contributed by atoms with Crippen LogP contribution in [0, 0.1) is 0 Å². The molecule has 0 bridgehead atoms. The minimum Gasteiger partial charge on any atom is -0.337 e. The van der Waals surface area contributed by atoms with Crippen LogP contribution in [0.1, 0.15) is 34.1 Å². The number of amides is 1. The Hall–Kier alpha value is -2.87. The fourth-order valence-corrected chi connectivity index (χ4v) is 3.69. The summed E-state index contributed by atoms with van der Waals surface area (Å²) in [4.78, 5) is 18.7. The number of para-hydroxylation sites is 1. The van der Waals surface area contributed by atoms with Gasteiger partial charge in [-0.1, -0.05) is 29.8 Å². The maximum Gasteiger partial charge on any atom is 0.435 e. The molecule has 150 valence electrons. The third-order valence-electron chi connectivity index (χ3n) is 4.93. The Labute approximate surface area is 169 Å². The Balaban J connectivity index is 1.68. The summed E-state index contributed by atoms with van der Waals surface area (Å²) in [6.45, 7) is 0.840. The summed E-state index contributed by atoms with van der Waals surface area (Å²) in [5, 5.41) is 3.83. The highest BCUT2D eigenvalue weighted by Crippen LogP contribution is 2.33. The van der Waals surface area contributed by atoms with E-state index >= 15 is 0 Å². The summed E-state index contributed by atoms with van der Waals surface area (Å²) in [6, 6.07) is 10.9. The molecule has 4 rings (SSSR count). The lowest BCUT2D eigenvalue weighted by Crippen LogP contribution is -2.30. The van der Waals surface area contributed by atoms with Crippen LogP contribution in [0.4, 0.5) is 13.2 Å². The highest BCUT2D eigenvalue weighted by atomic mass is 35.5. The molecular formula is C20H16ClF3N4O. The third-order valence-corrected chi connectivity index (χ3v) is 5.25. The Kier molecular flexibility index (Phi) is 5.04. The van der Waals surface area contributed by atoms with Gasteiger partial charge in [0.25, 0.3) is 5.91 Å². The molecule has 1 fully saturated rings. The largest absolute Gasteiger partial charge is 0.435 e. The molecule has 0 spiro atoms. The Morgan fingerprint density at radius 2 is 1.97 bits per heavy atom. The number of nitrogens with zero attached hydrogens (tertiary/aromatic N) is 4. The molecule has 9 heteroatoms. The average Bonchev–Trinajstić information content (AvgIpc) is 3.36. The van der Waals surface area contributed by atoms with Crippen LogP contribution in [0.25, 0.3) is 5.69 Å². The summed E-state index contributed by atoms with van der Waals surface area (Å²) in [7, 11) is 0. The van der Waals surface area contributed by atoms with Gasteiger partial charge in [-0.15, -0.1) is 0 Å². The topological polar surface area (TPSA) is 51.0 Å². The van der Waals surface area contributed by atoms with Crippen molar-refractivity contribution >= 4 is 17.5 Å². The van der Waals surface area contributed by atoms with Crippen LogP contribution in [0.3, 0.4) is 0 Å². The van der Waals surface area contributed by atoms with E-state index in [0.717, 1.165) is 16.3 Å². The van der Waals surface area contributed by atoms with Crippen LogP contribution >= 0.6 is 11.6 Å². The summed E-state index contributed by atoms with van der Waals surface area (Å²) in [5.74, 6) is -0.425. The van der Waals surface area contributed by atoms with E-state index in [-0.39, 0.29) is 22.3 Å². The summed E-state index contributed by atoms with van der Waals surface area (Å²) >= 11 is 6.15. The van der Waals surface area contributed by atoms with E-state index in [1.165, 1.54) is 12.1 Å². The number of hydrogen-bond donors (Lipinski definition) is 0. The number of carbonyl (C=O) groups is 1. The normalized spacial score (nSPS) is 17.0. The van der Waals surface area contributed by atoms with E-state index in [1.807, 2.05) is 12.1 Å². The molecule has 1 unspecified atom stereocenters. The van der Waals surface area contributed by atoms with Crippen molar-refractivity contribution in [2.24, 2.45) is 0 Å². The smallest absolute Gasteiger partial charge is 0.337 e. The monoisotopic (exact) mass is 420 g/mol. The first kappa shape index (κ1) is 19.4. The van der Waals surface area contributed by atoms with E-state index in [9.17, 15) is 18.0 Å². The minimum atomic E-state index is -4.68. The van der Waals surface area contributed by atoms with Crippen LogP contribution in [-0.2, 0) is 6.18 Å². The number of benzene rings is 1. The van der Waals surface area contributed by atoms with Crippen molar-refractivity contribution in [2.45, 2.75) is 18.5 Å². The molecule has 1 amide bonds. The molecule has 1 aliphatic heterocycles. The molecule has 0 aliphatic carbocycles.